The van der Waals surface area contributed by atoms with E-state index in [-0.39, 0.29) is 37.7 Å². The van der Waals surface area contributed by atoms with Crippen LogP contribution in [0.3, 0.4) is 0 Å². The second-order valence-corrected chi connectivity index (χ2v) is 7.06. The van der Waals surface area contributed by atoms with Crippen LogP contribution in [0.15, 0.2) is 30.1 Å². The Balaban J connectivity index is 1.57. The van der Waals surface area contributed by atoms with E-state index in [9.17, 15) is 18.4 Å². The van der Waals surface area contributed by atoms with Crippen molar-refractivity contribution in [3.63, 3.8) is 0 Å². The van der Waals surface area contributed by atoms with Gasteiger partial charge in [-0.05, 0) is 24.1 Å². The maximum Gasteiger partial charge on any atom is 0.255 e. The fourth-order valence-corrected chi connectivity index (χ4v) is 3.19. The number of nitrogens with one attached hydrogen (secondary N) is 2. The zero-order chi connectivity index (χ0) is 20.3. The summed E-state index contributed by atoms with van der Waals surface area (Å²) in [6.07, 6.45) is 3.07. The molecule has 0 bridgehead atoms. The lowest BCUT2D eigenvalue weighted by molar-refractivity contribution is -0.128. The Morgan fingerprint density at radius 3 is 2.50 bits per heavy atom. The van der Waals surface area contributed by atoms with Crippen molar-refractivity contribution in [2.75, 3.05) is 31.5 Å². The molecule has 9 heteroatoms. The molecule has 2 fully saturated rings. The molecule has 0 aliphatic carbocycles. The minimum absolute atomic E-state index is 0.0390. The molecule has 1 aromatic rings. The summed E-state index contributed by atoms with van der Waals surface area (Å²) >= 11 is 0. The summed E-state index contributed by atoms with van der Waals surface area (Å²) < 4.78 is 26.4. The molecule has 0 unspecified atom stereocenters. The number of aromatic nitrogens is 1. The molecule has 7 nitrogen and oxygen atoms in total. The van der Waals surface area contributed by atoms with Gasteiger partial charge >= 0.3 is 0 Å². The minimum atomic E-state index is -2.69. The van der Waals surface area contributed by atoms with E-state index in [2.05, 4.69) is 10.3 Å². The van der Waals surface area contributed by atoms with Crippen molar-refractivity contribution in [3.8, 4) is 0 Å². The Kier molecular flexibility index (Phi) is 5.71. The fraction of sp³-hybridized carbons (Fsp3) is 0.474. The number of halogens is 2. The number of carbonyl (C=O) groups is 2. The van der Waals surface area contributed by atoms with Crippen LogP contribution < -0.4 is 5.32 Å². The molecule has 1 aromatic heterocycles. The molecule has 0 atom stereocenters. The Labute approximate surface area is 161 Å². The number of carbonyl (C=O) groups excluding carboxylic acids is 2. The third-order valence-corrected chi connectivity index (χ3v) is 5.02. The molecule has 2 aliphatic rings. The Morgan fingerprint density at radius 1 is 1.21 bits per heavy atom. The van der Waals surface area contributed by atoms with Crippen LogP contribution in [0.1, 0.15) is 36.5 Å². The first-order valence-electron chi connectivity index (χ1n) is 9.17. The maximum atomic E-state index is 13.2. The molecular weight excluding hydrogens is 368 g/mol. The molecular formula is C19H23F2N5O2. The predicted octanol–water partition coefficient (Wildman–Crippen LogP) is 2.52. The molecule has 2 saturated heterocycles. The van der Waals surface area contributed by atoms with Gasteiger partial charge in [0.15, 0.2) is 0 Å². The maximum absolute atomic E-state index is 13.2. The molecule has 3 rings (SSSR count). The van der Waals surface area contributed by atoms with Crippen molar-refractivity contribution in [2.24, 2.45) is 0 Å². The summed E-state index contributed by atoms with van der Waals surface area (Å²) in [5.74, 6) is -2.52. The predicted molar refractivity (Wildman–Crippen MR) is 101 cm³/mol. The zero-order valence-electron chi connectivity index (χ0n) is 15.7. The van der Waals surface area contributed by atoms with Gasteiger partial charge in [-0.25, -0.2) is 13.8 Å². The van der Waals surface area contributed by atoms with Crippen molar-refractivity contribution in [3.05, 3.63) is 35.7 Å². The second kappa shape index (κ2) is 8.04. The summed E-state index contributed by atoms with van der Waals surface area (Å²) in [5.41, 5.74) is 1.53. The van der Waals surface area contributed by atoms with Crippen LogP contribution in [0.4, 0.5) is 14.6 Å². The Morgan fingerprint density at radius 2 is 1.93 bits per heavy atom. The number of anilines is 1. The van der Waals surface area contributed by atoms with Crippen LogP contribution in [0.25, 0.3) is 0 Å². The standard InChI is InChI=1S/C19H23F2N5O2/c1-13(27)26-7-4-14(16(22)12-26)10-23-17-3-2-15(11-24-17)18(28)25-8-5-19(20,21)6-9-25/h2-3,10-11,22H,4-9,12H2,1H3,(H,23,24)/b14-10-,22-16?. The van der Waals surface area contributed by atoms with E-state index in [1.54, 1.807) is 23.2 Å². The van der Waals surface area contributed by atoms with Gasteiger partial charge in [0, 0.05) is 51.8 Å². The van der Waals surface area contributed by atoms with Gasteiger partial charge in [-0.1, -0.05) is 0 Å². The number of amides is 2. The lowest BCUT2D eigenvalue weighted by atomic mass is 10.0. The molecule has 0 saturated carbocycles. The highest BCUT2D eigenvalue weighted by molar-refractivity contribution is 6.02. The van der Waals surface area contributed by atoms with Gasteiger partial charge < -0.3 is 20.5 Å². The van der Waals surface area contributed by atoms with Gasteiger partial charge in [-0.3, -0.25) is 9.59 Å². The van der Waals surface area contributed by atoms with Crippen molar-refractivity contribution < 1.29 is 18.4 Å². The molecule has 150 valence electrons. The third kappa shape index (κ3) is 4.71. The first-order chi connectivity index (χ1) is 13.2. The topological polar surface area (TPSA) is 89.4 Å². The number of hydrogen-bond donors (Lipinski definition) is 2. The normalized spacial score (nSPS) is 21.0. The second-order valence-electron chi connectivity index (χ2n) is 7.06. The van der Waals surface area contributed by atoms with Crippen LogP contribution in [-0.2, 0) is 4.79 Å². The monoisotopic (exact) mass is 391 g/mol. The summed E-state index contributed by atoms with van der Waals surface area (Å²) in [6.45, 7) is 2.43. The highest BCUT2D eigenvalue weighted by Crippen LogP contribution is 2.28. The van der Waals surface area contributed by atoms with Crippen molar-refractivity contribution in [1.82, 2.24) is 14.8 Å². The van der Waals surface area contributed by atoms with E-state index in [0.717, 1.165) is 5.57 Å². The lowest BCUT2D eigenvalue weighted by Crippen LogP contribution is -2.42. The van der Waals surface area contributed by atoms with E-state index < -0.39 is 5.92 Å². The fourth-order valence-electron chi connectivity index (χ4n) is 3.19. The number of hydrogen-bond acceptors (Lipinski definition) is 5. The molecule has 3 heterocycles. The summed E-state index contributed by atoms with van der Waals surface area (Å²) in [7, 11) is 0. The molecule has 2 aliphatic heterocycles. The molecule has 28 heavy (non-hydrogen) atoms. The lowest BCUT2D eigenvalue weighted by Gasteiger charge is -2.31. The van der Waals surface area contributed by atoms with Crippen LogP contribution in [0.5, 0.6) is 0 Å². The molecule has 0 radical (unpaired) electrons. The van der Waals surface area contributed by atoms with Gasteiger partial charge in [0.2, 0.25) is 5.91 Å². The van der Waals surface area contributed by atoms with E-state index in [4.69, 9.17) is 5.41 Å². The van der Waals surface area contributed by atoms with E-state index in [1.165, 1.54) is 18.0 Å². The third-order valence-electron chi connectivity index (χ3n) is 5.02. The number of piperidine rings is 2. The number of likely N-dealkylation sites (tertiary alicyclic amines) is 2. The largest absolute Gasteiger partial charge is 0.346 e. The molecule has 2 N–H and O–H groups in total. The minimum Gasteiger partial charge on any atom is -0.346 e. The number of rotatable bonds is 3. The van der Waals surface area contributed by atoms with Gasteiger partial charge in [0.05, 0.1) is 17.8 Å². The van der Waals surface area contributed by atoms with E-state index in [1.807, 2.05) is 0 Å². The summed E-state index contributed by atoms with van der Waals surface area (Å²) in [4.78, 5) is 31.0. The van der Waals surface area contributed by atoms with Crippen LogP contribution in [0, 0.1) is 5.41 Å². The van der Waals surface area contributed by atoms with Crippen LogP contribution in [0.2, 0.25) is 0 Å². The first-order valence-corrected chi connectivity index (χ1v) is 9.17. The molecule has 0 aromatic carbocycles. The Bertz CT molecular complexity index is 797. The van der Waals surface area contributed by atoms with Gasteiger partial charge in [0.25, 0.3) is 11.8 Å². The number of pyridine rings is 1. The SMILES string of the molecule is CC(=O)N1CC/C(=C/Nc2ccc(C(=O)N3CCC(F)(F)CC3)cn2)C(=N)C1. The van der Waals surface area contributed by atoms with Crippen molar-refractivity contribution in [2.45, 2.75) is 32.1 Å². The quantitative estimate of drug-likeness (QED) is 0.829. The zero-order valence-corrected chi connectivity index (χ0v) is 15.7. The van der Waals surface area contributed by atoms with Crippen molar-refractivity contribution in [1.29, 1.82) is 5.41 Å². The van der Waals surface area contributed by atoms with Gasteiger partial charge in [0.1, 0.15) is 5.82 Å². The average molecular weight is 391 g/mol. The molecule has 2 amide bonds. The van der Waals surface area contributed by atoms with E-state index in [0.29, 0.717) is 36.6 Å². The van der Waals surface area contributed by atoms with Crippen LogP contribution >= 0.6 is 0 Å². The van der Waals surface area contributed by atoms with Crippen molar-refractivity contribution >= 4 is 23.3 Å². The number of alkyl halides is 2. The van der Waals surface area contributed by atoms with E-state index >= 15 is 0 Å². The Hall–Kier alpha value is -2.84. The van der Waals surface area contributed by atoms with Crippen LogP contribution in [-0.4, -0.2) is 64.4 Å². The summed E-state index contributed by atoms with van der Waals surface area (Å²) in [6, 6.07) is 3.24. The number of nitrogens with zero attached hydrogens (tertiary/aromatic N) is 3. The molecule has 0 spiro atoms. The van der Waals surface area contributed by atoms with Gasteiger partial charge in [-0.2, -0.15) is 0 Å². The highest BCUT2D eigenvalue weighted by Gasteiger charge is 2.35. The summed E-state index contributed by atoms with van der Waals surface area (Å²) in [5, 5.41) is 11.0. The average Bonchev–Trinajstić information content (AvgIpc) is 2.67. The first kappa shape index (κ1) is 19.9. The highest BCUT2D eigenvalue weighted by atomic mass is 19.3. The van der Waals surface area contributed by atoms with Gasteiger partial charge in [-0.15, -0.1) is 0 Å². The smallest absolute Gasteiger partial charge is 0.255 e.